The van der Waals surface area contributed by atoms with Gasteiger partial charge in [-0.1, -0.05) is 0 Å². The van der Waals surface area contributed by atoms with Crippen molar-refractivity contribution < 1.29 is 18.1 Å². The summed E-state index contributed by atoms with van der Waals surface area (Å²) < 4.78 is 29.5. The minimum atomic E-state index is -3.68. The average Bonchev–Trinajstić information content (AvgIpc) is 2.34. The van der Waals surface area contributed by atoms with E-state index in [0.717, 1.165) is 6.26 Å². The Hall–Kier alpha value is -1.67. The van der Waals surface area contributed by atoms with Crippen molar-refractivity contribution >= 4 is 21.2 Å². The standard InChI is InChI=1S/C14H20N2O5S/c1-10-8-15(9-14(2,3)21-10)11-5-6-12(16(17)18)13(7-11)22(4,19)20/h5-7,10H,8-9H2,1-4H3. The second-order valence-corrected chi connectivity index (χ2v) is 8.23. The van der Waals surface area contributed by atoms with Gasteiger partial charge in [0.05, 0.1) is 16.6 Å². The Balaban J connectivity index is 2.47. The van der Waals surface area contributed by atoms with Gasteiger partial charge in [-0.2, -0.15) is 0 Å². The molecule has 0 spiro atoms. The van der Waals surface area contributed by atoms with E-state index >= 15 is 0 Å². The molecule has 1 unspecified atom stereocenters. The molecule has 0 saturated carbocycles. The molecule has 8 heteroatoms. The van der Waals surface area contributed by atoms with Crippen LogP contribution in [0.15, 0.2) is 23.1 Å². The number of ether oxygens (including phenoxy) is 1. The Bertz CT molecular complexity index is 699. The maximum atomic E-state index is 11.8. The van der Waals surface area contributed by atoms with Crippen molar-refractivity contribution in [2.24, 2.45) is 0 Å². The summed E-state index contributed by atoms with van der Waals surface area (Å²) in [7, 11) is -3.68. The van der Waals surface area contributed by atoms with Crippen molar-refractivity contribution in [2.75, 3.05) is 24.2 Å². The fourth-order valence-corrected chi connectivity index (χ4v) is 3.66. The lowest BCUT2D eigenvalue weighted by Gasteiger charge is -2.43. The summed E-state index contributed by atoms with van der Waals surface area (Å²) in [5.74, 6) is 0. The van der Waals surface area contributed by atoms with Crippen molar-refractivity contribution in [1.29, 1.82) is 0 Å². The summed E-state index contributed by atoms with van der Waals surface area (Å²) in [5.41, 5.74) is -0.119. The Morgan fingerprint density at radius 3 is 2.55 bits per heavy atom. The van der Waals surface area contributed by atoms with Crippen LogP contribution in [0.1, 0.15) is 20.8 Å². The van der Waals surface area contributed by atoms with E-state index in [1.54, 1.807) is 6.07 Å². The second kappa shape index (κ2) is 5.51. The smallest absolute Gasteiger partial charge is 0.288 e. The maximum Gasteiger partial charge on any atom is 0.288 e. The zero-order valence-corrected chi connectivity index (χ0v) is 13.9. The predicted molar refractivity (Wildman–Crippen MR) is 83.0 cm³/mol. The lowest BCUT2D eigenvalue weighted by atomic mass is 10.0. The van der Waals surface area contributed by atoms with Gasteiger partial charge in [0.25, 0.3) is 5.69 Å². The van der Waals surface area contributed by atoms with E-state index in [9.17, 15) is 18.5 Å². The lowest BCUT2D eigenvalue weighted by molar-refractivity contribution is -0.387. The molecule has 0 aliphatic carbocycles. The summed E-state index contributed by atoms with van der Waals surface area (Å²) in [6.07, 6.45) is 0.964. The third-order valence-electron chi connectivity index (χ3n) is 3.47. The van der Waals surface area contributed by atoms with E-state index in [1.165, 1.54) is 12.1 Å². The van der Waals surface area contributed by atoms with Gasteiger partial charge >= 0.3 is 0 Å². The monoisotopic (exact) mass is 328 g/mol. The minimum absolute atomic E-state index is 0.0133. The van der Waals surface area contributed by atoms with Gasteiger partial charge in [0, 0.05) is 31.1 Å². The molecule has 2 rings (SSSR count). The Morgan fingerprint density at radius 1 is 1.41 bits per heavy atom. The second-order valence-electron chi connectivity index (χ2n) is 6.25. The van der Waals surface area contributed by atoms with E-state index in [4.69, 9.17) is 4.74 Å². The summed E-state index contributed by atoms with van der Waals surface area (Å²) >= 11 is 0. The van der Waals surface area contributed by atoms with Crippen LogP contribution < -0.4 is 4.90 Å². The molecule has 1 aliphatic heterocycles. The molecule has 1 fully saturated rings. The summed E-state index contributed by atoms with van der Waals surface area (Å²) in [4.78, 5) is 12.1. The highest BCUT2D eigenvalue weighted by Crippen LogP contribution is 2.31. The van der Waals surface area contributed by atoms with Crippen molar-refractivity contribution in [3.8, 4) is 0 Å². The molecule has 1 atom stereocenters. The quantitative estimate of drug-likeness (QED) is 0.623. The molecule has 0 radical (unpaired) electrons. The highest BCUT2D eigenvalue weighted by Gasteiger charge is 2.32. The fourth-order valence-electron chi connectivity index (χ4n) is 2.80. The first-order chi connectivity index (χ1) is 9.99. The first-order valence-electron chi connectivity index (χ1n) is 6.91. The van der Waals surface area contributed by atoms with Crippen LogP contribution in [0, 0.1) is 10.1 Å². The number of hydrogen-bond acceptors (Lipinski definition) is 6. The topological polar surface area (TPSA) is 89.8 Å². The van der Waals surface area contributed by atoms with E-state index < -0.39 is 20.4 Å². The normalized spacial score (nSPS) is 21.6. The molecule has 122 valence electrons. The molecular weight excluding hydrogens is 308 g/mol. The van der Waals surface area contributed by atoms with Crippen LogP contribution >= 0.6 is 0 Å². The van der Waals surface area contributed by atoms with Gasteiger partial charge in [-0.3, -0.25) is 10.1 Å². The van der Waals surface area contributed by atoms with Crippen LogP contribution in [0.3, 0.4) is 0 Å². The van der Waals surface area contributed by atoms with Crippen LogP contribution in [-0.2, 0) is 14.6 Å². The zero-order valence-electron chi connectivity index (χ0n) is 13.1. The predicted octanol–water partition coefficient (Wildman–Crippen LogP) is 2.00. The minimum Gasteiger partial charge on any atom is -0.369 e. The van der Waals surface area contributed by atoms with E-state index in [2.05, 4.69) is 0 Å². The summed E-state index contributed by atoms with van der Waals surface area (Å²) in [6, 6.07) is 4.21. The number of anilines is 1. The molecule has 7 nitrogen and oxygen atoms in total. The highest BCUT2D eigenvalue weighted by atomic mass is 32.2. The van der Waals surface area contributed by atoms with E-state index in [1.807, 2.05) is 25.7 Å². The van der Waals surface area contributed by atoms with E-state index in [0.29, 0.717) is 18.8 Å². The summed E-state index contributed by atoms with van der Waals surface area (Å²) in [6.45, 7) is 7.04. The molecule has 1 heterocycles. The Labute approximate surface area is 129 Å². The first kappa shape index (κ1) is 16.7. The molecule has 0 N–H and O–H groups in total. The highest BCUT2D eigenvalue weighted by molar-refractivity contribution is 7.90. The summed E-state index contributed by atoms with van der Waals surface area (Å²) in [5, 5.41) is 11.0. The maximum absolute atomic E-state index is 11.8. The van der Waals surface area contributed by atoms with Gasteiger partial charge in [-0.25, -0.2) is 8.42 Å². The third-order valence-corrected chi connectivity index (χ3v) is 4.60. The molecule has 1 aromatic carbocycles. The van der Waals surface area contributed by atoms with Gasteiger partial charge in [-0.05, 0) is 32.9 Å². The van der Waals surface area contributed by atoms with Crippen molar-refractivity contribution in [3.63, 3.8) is 0 Å². The molecule has 0 bridgehead atoms. The van der Waals surface area contributed by atoms with E-state index in [-0.39, 0.29) is 16.6 Å². The number of morpholine rings is 1. The first-order valence-corrected chi connectivity index (χ1v) is 8.80. The van der Waals surface area contributed by atoms with Crippen molar-refractivity contribution in [2.45, 2.75) is 37.4 Å². The van der Waals surface area contributed by atoms with Gasteiger partial charge in [0.1, 0.15) is 4.90 Å². The number of nitrogens with zero attached hydrogens (tertiary/aromatic N) is 2. The van der Waals surface area contributed by atoms with Gasteiger partial charge in [-0.15, -0.1) is 0 Å². The number of rotatable bonds is 3. The van der Waals surface area contributed by atoms with Crippen LogP contribution in [-0.4, -0.2) is 44.4 Å². The molecule has 1 aliphatic rings. The number of sulfone groups is 1. The molecular formula is C14H20N2O5S. The molecule has 22 heavy (non-hydrogen) atoms. The van der Waals surface area contributed by atoms with Crippen molar-refractivity contribution in [3.05, 3.63) is 28.3 Å². The fraction of sp³-hybridized carbons (Fsp3) is 0.571. The number of benzene rings is 1. The van der Waals surface area contributed by atoms with Crippen LogP contribution in [0.25, 0.3) is 0 Å². The van der Waals surface area contributed by atoms with Crippen molar-refractivity contribution in [1.82, 2.24) is 0 Å². The lowest BCUT2D eigenvalue weighted by Crippen LogP contribution is -2.52. The molecule has 0 aromatic heterocycles. The van der Waals surface area contributed by atoms with Gasteiger partial charge in [0.15, 0.2) is 9.84 Å². The SMILES string of the molecule is CC1CN(c2ccc([N+](=O)[O-])c(S(C)(=O)=O)c2)CC(C)(C)O1. The molecule has 1 aromatic rings. The van der Waals surface area contributed by atoms with Gasteiger partial charge in [0.2, 0.25) is 0 Å². The van der Waals surface area contributed by atoms with Crippen LogP contribution in [0.5, 0.6) is 0 Å². The zero-order chi connectivity index (χ0) is 16.7. The number of nitro groups is 1. The number of nitro benzene ring substituents is 1. The van der Waals surface area contributed by atoms with Gasteiger partial charge < -0.3 is 9.64 Å². The number of hydrogen-bond donors (Lipinski definition) is 0. The largest absolute Gasteiger partial charge is 0.369 e. The van der Waals surface area contributed by atoms with Crippen LogP contribution in [0.4, 0.5) is 11.4 Å². The Morgan fingerprint density at radius 2 is 2.05 bits per heavy atom. The Kier molecular flexibility index (Phi) is 4.18. The third kappa shape index (κ3) is 3.56. The molecule has 1 saturated heterocycles. The molecule has 0 amide bonds. The average molecular weight is 328 g/mol. The van der Waals surface area contributed by atoms with Crippen LogP contribution in [0.2, 0.25) is 0 Å².